The number of carbonyl (C=O) groups excluding carboxylic acids is 1. The van der Waals surface area contributed by atoms with Gasteiger partial charge in [-0.15, -0.1) is 11.3 Å². The molecule has 1 aromatic carbocycles. The van der Waals surface area contributed by atoms with Crippen LogP contribution in [-0.4, -0.2) is 30.0 Å². The molecule has 3 atom stereocenters. The van der Waals surface area contributed by atoms with Crippen molar-refractivity contribution in [3.8, 4) is 5.75 Å². The minimum absolute atomic E-state index is 0.0501. The van der Waals surface area contributed by atoms with E-state index in [1.165, 1.54) is 41.7 Å². The molecular formula is C31H47NO2S. The summed E-state index contributed by atoms with van der Waals surface area (Å²) in [4.78, 5) is 17.2. The lowest BCUT2D eigenvalue weighted by molar-refractivity contribution is -0.136. The molecule has 3 rings (SSSR count). The molecule has 1 heterocycles. The van der Waals surface area contributed by atoms with Crippen LogP contribution in [0.5, 0.6) is 5.75 Å². The predicted molar refractivity (Wildman–Crippen MR) is 149 cm³/mol. The number of hydrogen-bond donors (Lipinski definition) is 0. The van der Waals surface area contributed by atoms with E-state index in [1.807, 2.05) is 17.4 Å². The lowest BCUT2D eigenvalue weighted by atomic mass is 9.82. The minimum atomic E-state index is -0.0501. The Kier molecular flexibility index (Phi) is 11.8. The Morgan fingerprint density at radius 3 is 2.57 bits per heavy atom. The summed E-state index contributed by atoms with van der Waals surface area (Å²) < 4.78 is 6.03. The molecule has 0 aliphatic heterocycles. The van der Waals surface area contributed by atoms with Gasteiger partial charge >= 0.3 is 5.97 Å². The number of hydrogen-bond acceptors (Lipinski definition) is 4. The van der Waals surface area contributed by atoms with Crippen molar-refractivity contribution in [3.63, 3.8) is 0 Å². The summed E-state index contributed by atoms with van der Waals surface area (Å²) in [6, 6.07) is 11.3. The van der Waals surface area contributed by atoms with Gasteiger partial charge in [-0.3, -0.25) is 9.69 Å². The zero-order valence-corrected chi connectivity index (χ0v) is 23.4. The van der Waals surface area contributed by atoms with Gasteiger partial charge in [-0.1, -0.05) is 78.0 Å². The average Bonchev–Trinajstić information content (AvgIpc) is 3.39. The van der Waals surface area contributed by atoms with Crippen molar-refractivity contribution in [3.05, 3.63) is 51.7 Å². The molecular weight excluding hydrogens is 450 g/mol. The van der Waals surface area contributed by atoms with Crippen LogP contribution in [-0.2, 0) is 24.1 Å². The first-order valence-corrected chi connectivity index (χ1v) is 15.0. The van der Waals surface area contributed by atoms with E-state index < -0.39 is 0 Å². The van der Waals surface area contributed by atoms with Crippen LogP contribution in [0.15, 0.2) is 35.7 Å². The van der Waals surface area contributed by atoms with Gasteiger partial charge in [0.05, 0.1) is 0 Å². The quantitative estimate of drug-likeness (QED) is 0.184. The van der Waals surface area contributed by atoms with E-state index in [0.29, 0.717) is 24.3 Å². The van der Waals surface area contributed by atoms with Crippen LogP contribution >= 0.6 is 11.3 Å². The van der Waals surface area contributed by atoms with Crippen molar-refractivity contribution in [2.45, 2.75) is 104 Å². The number of unbranched alkanes of at least 4 members (excludes halogenated alkanes) is 1. The van der Waals surface area contributed by atoms with Crippen LogP contribution in [0.1, 0.15) is 95.1 Å². The fourth-order valence-corrected chi connectivity index (χ4v) is 6.59. The van der Waals surface area contributed by atoms with Gasteiger partial charge in [0.25, 0.3) is 0 Å². The van der Waals surface area contributed by atoms with Crippen molar-refractivity contribution in [1.82, 2.24) is 4.90 Å². The second kappa shape index (κ2) is 14.8. The monoisotopic (exact) mass is 497 g/mol. The molecule has 0 amide bonds. The molecule has 35 heavy (non-hydrogen) atoms. The van der Waals surface area contributed by atoms with E-state index in [-0.39, 0.29) is 5.97 Å². The lowest BCUT2D eigenvalue weighted by Gasteiger charge is -2.35. The van der Waals surface area contributed by atoms with Crippen LogP contribution in [0.25, 0.3) is 0 Å². The molecule has 1 aliphatic rings. The average molecular weight is 498 g/mol. The molecule has 3 nitrogen and oxygen atoms in total. The van der Waals surface area contributed by atoms with Gasteiger partial charge in [-0.05, 0) is 79.1 Å². The van der Waals surface area contributed by atoms with Crippen LogP contribution in [0, 0.1) is 11.8 Å². The van der Waals surface area contributed by atoms with Crippen LogP contribution in [0.3, 0.4) is 0 Å². The van der Waals surface area contributed by atoms with Crippen molar-refractivity contribution in [1.29, 1.82) is 0 Å². The number of fused-ring (bicyclic) bond motifs is 1. The Bertz CT molecular complexity index is 878. The first kappa shape index (κ1) is 27.9. The third kappa shape index (κ3) is 8.18. The third-order valence-electron chi connectivity index (χ3n) is 7.96. The van der Waals surface area contributed by atoms with Crippen molar-refractivity contribution in [2.75, 3.05) is 13.1 Å². The number of ether oxygens (including phenoxy) is 1. The van der Waals surface area contributed by atoms with Crippen molar-refractivity contribution < 1.29 is 9.53 Å². The normalized spacial score (nSPS) is 17.2. The zero-order chi connectivity index (χ0) is 25.0. The fraction of sp³-hybridized carbons (Fsp3) is 0.645. The molecule has 0 radical (unpaired) electrons. The van der Waals surface area contributed by atoms with Crippen LogP contribution < -0.4 is 4.74 Å². The van der Waals surface area contributed by atoms with Crippen molar-refractivity contribution >= 4 is 17.3 Å². The summed E-state index contributed by atoms with van der Waals surface area (Å²) in [5.41, 5.74) is 2.63. The summed E-state index contributed by atoms with van der Waals surface area (Å²) in [7, 11) is 0. The van der Waals surface area contributed by atoms with Crippen molar-refractivity contribution in [2.24, 2.45) is 11.8 Å². The van der Waals surface area contributed by atoms with E-state index in [9.17, 15) is 4.79 Å². The number of thiophene rings is 1. The summed E-state index contributed by atoms with van der Waals surface area (Å²) in [6.45, 7) is 11.3. The Balaban J connectivity index is 1.62. The Labute approximate surface area is 218 Å². The standard InChI is InChI=1S/C31H47NO2S/c1-5-9-12-24(7-3)25(8-4)23-31(33)34-30-15-10-13-26-22-27(16-17-29(26)30)32(19-6-2)20-18-28-14-11-21-35-28/h10-11,13-15,21,24-25,27H,5-9,12,16-20,22-23H2,1-4H3. The van der Waals surface area contributed by atoms with E-state index in [2.05, 4.69) is 62.2 Å². The first-order valence-electron chi connectivity index (χ1n) is 14.2. The predicted octanol–water partition coefficient (Wildman–Crippen LogP) is 8.10. The molecule has 0 spiro atoms. The summed E-state index contributed by atoms with van der Waals surface area (Å²) in [5.74, 6) is 1.81. The third-order valence-corrected chi connectivity index (χ3v) is 8.90. The zero-order valence-electron chi connectivity index (χ0n) is 22.6. The van der Waals surface area contributed by atoms with Gasteiger partial charge in [0.15, 0.2) is 0 Å². The maximum absolute atomic E-state index is 13.0. The highest BCUT2D eigenvalue weighted by atomic mass is 32.1. The fourth-order valence-electron chi connectivity index (χ4n) is 5.90. The number of benzene rings is 1. The van der Waals surface area contributed by atoms with Crippen LogP contribution in [0.2, 0.25) is 0 Å². The first-order chi connectivity index (χ1) is 17.1. The number of esters is 1. The summed E-state index contributed by atoms with van der Waals surface area (Å²) in [6.07, 6.45) is 11.9. The van der Waals surface area contributed by atoms with Gasteiger partial charge in [0.2, 0.25) is 0 Å². The molecule has 0 bridgehead atoms. The number of rotatable bonds is 15. The molecule has 3 unspecified atom stereocenters. The molecule has 0 N–H and O–H groups in total. The molecule has 0 fully saturated rings. The van der Waals surface area contributed by atoms with Crippen LogP contribution in [0.4, 0.5) is 0 Å². The second-order valence-electron chi connectivity index (χ2n) is 10.3. The maximum Gasteiger partial charge on any atom is 0.311 e. The Morgan fingerprint density at radius 2 is 1.89 bits per heavy atom. The summed E-state index contributed by atoms with van der Waals surface area (Å²) in [5, 5.41) is 2.18. The molecule has 2 aromatic rings. The largest absolute Gasteiger partial charge is 0.426 e. The topological polar surface area (TPSA) is 29.5 Å². The SMILES string of the molecule is CCCCC(CC)C(CC)CC(=O)Oc1cccc2c1CCC(N(CCC)CCc1cccs1)C2. The van der Waals surface area contributed by atoms with E-state index in [4.69, 9.17) is 4.74 Å². The maximum atomic E-state index is 13.0. The lowest BCUT2D eigenvalue weighted by Crippen LogP contribution is -2.41. The van der Waals surface area contributed by atoms with E-state index in [0.717, 1.165) is 57.4 Å². The molecule has 1 aromatic heterocycles. The Morgan fingerprint density at radius 1 is 1.06 bits per heavy atom. The van der Waals surface area contributed by atoms with E-state index >= 15 is 0 Å². The Hall–Kier alpha value is -1.65. The molecule has 1 aliphatic carbocycles. The smallest absolute Gasteiger partial charge is 0.311 e. The number of carbonyl (C=O) groups is 1. The van der Waals surface area contributed by atoms with Gasteiger partial charge < -0.3 is 4.74 Å². The highest BCUT2D eigenvalue weighted by molar-refractivity contribution is 7.09. The minimum Gasteiger partial charge on any atom is -0.426 e. The number of nitrogens with zero attached hydrogens (tertiary/aromatic N) is 1. The molecule has 194 valence electrons. The molecule has 4 heteroatoms. The summed E-state index contributed by atoms with van der Waals surface area (Å²) >= 11 is 1.86. The second-order valence-corrected chi connectivity index (χ2v) is 11.3. The highest BCUT2D eigenvalue weighted by Gasteiger charge is 2.27. The molecule has 0 saturated carbocycles. The highest BCUT2D eigenvalue weighted by Crippen LogP contribution is 2.33. The molecule has 0 saturated heterocycles. The van der Waals surface area contributed by atoms with Gasteiger partial charge in [-0.25, -0.2) is 0 Å². The van der Waals surface area contributed by atoms with Gasteiger partial charge in [0, 0.05) is 23.9 Å². The van der Waals surface area contributed by atoms with Gasteiger partial charge in [-0.2, -0.15) is 0 Å². The van der Waals surface area contributed by atoms with Gasteiger partial charge in [0.1, 0.15) is 5.75 Å². The van der Waals surface area contributed by atoms with E-state index in [1.54, 1.807) is 0 Å².